The summed E-state index contributed by atoms with van der Waals surface area (Å²) in [4.78, 5) is 15.1. The van der Waals surface area contributed by atoms with Gasteiger partial charge in [0.25, 0.3) is 10.2 Å². The van der Waals surface area contributed by atoms with Crippen LogP contribution in [0.3, 0.4) is 0 Å². The summed E-state index contributed by atoms with van der Waals surface area (Å²) in [5.74, 6) is 0.0774. The van der Waals surface area contributed by atoms with Gasteiger partial charge >= 0.3 is 6.03 Å². The number of likely N-dealkylation sites (N-methyl/N-ethyl adjacent to an activating group) is 1. The van der Waals surface area contributed by atoms with E-state index in [-0.39, 0.29) is 6.04 Å². The molecule has 0 spiro atoms. The SMILES string of the molecule is CN(C)S(=O)(=O)N(C)[C@@H]1CCCN(Cc2cc(F)cc(NC3=CC=CCN3C(N)=O)c2)C1. The van der Waals surface area contributed by atoms with Crippen molar-refractivity contribution in [2.75, 3.05) is 46.1 Å². The topological polar surface area (TPSA) is 102 Å². The average molecular weight is 467 g/mol. The van der Waals surface area contributed by atoms with Crippen LogP contribution in [0.5, 0.6) is 0 Å². The molecule has 11 heteroatoms. The van der Waals surface area contributed by atoms with Gasteiger partial charge in [0.15, 0.2) is 0 Å². The monoisotopic (exact) mass is 466 g/mol. The van der Waals surface area contributed by atoms with E-state index in [1.165, 1.54) is 39.7 Å². The lowest BCUT2D eigenvalue weighted by molar-refractivity contribution is 0.150. The number of nitrogens with two attached hydrogens (primary N) is 1. The molecular weight excluding hydrogens is 435 g/mol. The van der Waals surface area contributed by atoms with Crippen molar-refractivity contribution < 1.29 is 17.6 Å². The number of piperidine rings is 1. The Balaban J connectivity index is 1.71. The highest BCUT2D eigenvalue weighted by Gasteiger charge is 2.31. The fourth-order valence-electron chi connectivity index (χ4n) is 3.97. The number of carbonyl (C=O) groups is 1. The predicted molar refractivity (Wildman–Crippen MR) is 122 cm³/mol. The number of hydrogen-bond acceptors (Lipinski definition) is 5. The summed E-state index contributed by atoms with van der Waals surface area (Å²) < 4.78 is 41.9. The molecule has 0 radical (unpaired) electrons. The zero-order valence-electron chi connectivity index (χ0n) is 18.7. The molecule has 1 aromatic rings. The number of likely N-dealkylation sites (tertiary alicyclic amines) is 1. The number of halogens is 1. The van der Waals surface area contributed by atoms with Crippen LogP contribution >= 0.6 is 0 Å². The van der Waals surface area contributed by atoms with Crippen molar-refractivity contribution in [2.45, 2.75) is 25.4 Å². The van der Waals surface area contributed by atoms with Gasteiger partial charge in [0, 0.05) is 52.5 Å². The fraction of sp³-hybridized carbons (Fsp3) is 0.476. The van der Waals surface area contributed by atoms with Crippen LogP contribution in [0.4, 0.5) is 14.9 Å². The van der Waals surface area contributed by atoms with Gasteiger partial charge in [-0.2, -0.15) is 17.0 Å². The third-order valence-corrected chi connectivity index (χ3v) is 7.64. The van der Waals surface area contributed by atoms with E-state index in [0.717, 1.165) is 24.9 Å². The summed E-state index contributed by atoms with van der Waals surface area (Å²) >= 11 is 0. The average Bonchev–Trinajstić information content (AvgIpc) is 2.73. The van der Waals surface area contributed by atoms with Crippen molar-refractivity contribution in [3.63, 3.8) is 0 Å². The fourth-order valence-corrected chi connectivity index (χ4v) is 5.03. The Morgan fingerprint density at radius 2 is 2.03 bits per heavy atom. The molecule has 3 rings (SSSR count). The normalized spacial score (nSPS) is 20.0. The standard InChI is InChI=1S/C21H31FN6O3S/c1-25(2)32(30,31)26(3)19-7-6-9-27(15-19)14-16-11-17(22)13-18(12-16)24-20-8-4-5-10-28(20)21(23)29/h4-5,8,11-13,19,24H,6-7,9-10,14-15H2,1-3H3,(H2,23,29)/t19-/m1/s1. The molecule has 0 saturated carbocycles. The zero-order chi connectivity index (χ0) is 23.5. The Morgan fingerprint density at radius 3 is 2.72 bits per heavy atom. The Bertz CT molecular complexity index is 1010. The van der Waals surface area contributed by atoms with E-state index in [1.807, 2.05) is 6.07 Å². The number of primary amides is 1. The van der Waals surface area contributed by atoms with Crippen LogP contribution in [0.15, 0.2) is 42.2 Å². The third-order valence-electron chi connectivity index (χ3n) is 5.69. The number of anilines is 1. The maximum absolute atomic E-state index is 14.4. The number of carbonyl (C=O) groups excluding carboxylic acids is 1. The summed E-state index contributed by atoms with van der Waals surface area (Å²) in [6.07, 6.45) is 6.93. The van der Waals surface area contributed by atoms with Crippen LogP contribution in [-0.2, 0) is 16.8 Å². The van der Waals surface area contributed by atoms with Crippen molar-refractivity contribution >= 4 is 21.9 Å². The Labute approximate surface area is 189 Å². The highest BCUT2D eigenvalue weighted by atomic mass is 32.2. The van der Waals surface area contributed by atoms with Crippen molar-refractivity contribution in [3.05, 3.63) is 53.6 Å². The van der Waals surface area contributed by atoms with Crippen LogP contribution in [0.2, 0.25) is 0 Å². The van der Waals surface area contributed by atoms with Gasteiger partial charge in [-0.15, -0.1) is 0 Å². The minimum Gasteiger partial charge on any atom is -0.351 e. The van der Waals surface area contributed by atoms with Crippen LogP contribution in [0, 0.1) is 5.82 Å². The summed E-state index contributed by atoms with van der Waals surface area (Å²) in [5.41, 5.74) is 6.68. The van der Waals surface area contributed by atoms with Crippen molar-refractivity contribution in [1.82, 2.24) is 18.4 Å². The minimum atomic E-state index is -3.50. The number of nitrogens with zero attached hydrogens (tertiary/aromatic N) is 4. The van der Waals surface area contributed by atoms with Gasteiger partial charge in [-0.25, -0.2) is 9.18 Å². The highest BCUT2D eigenvalue weighted by molar-refractivity contribution is 7.86. The molecule has 0 unspecified atom stereocenters. The number of rotatable bonds is 7. The summed E-state index contributed by atoms with van der Waals surface area (Å²) in [6.45, 7) is 2.19. The van der Waals surface area contributed by atoms with Crippen LogP contribution in [0.25, 0.3) is 0 Å². The van der Waals surface area contributed by atoms with E-state index in [0.29, 0.717) is 31.1 Å². The number of allylic oxidation sites excluding steroid dienone is 2. The number of urea groups is 1. The highest BCUT2D eigenvalue weighted by Crippen LogP contribution is 2.23. The lowest BCUT2D eigenvalue weighted by Crippen LogP contribution is -2.50. The Hall–Kier alpha value is -2.47. The van der Waals surface area contributed by atoms with Crippen LogP contribution in [-0.4, -0.2) is 79.7 Å². The van der Waals surface area contributed by atoms with E-state index < -0.39 is 22.1 Å². The maximum Gasteiger partial charge on any atom is 0.320 e. The molecule has 2 heterocycles. The first-order chi connectivity index (χ1) is 15.1. The number of nitrogens with one attached hydrogen (secondary N) is 1. The molecule has 9 nitrogen and oxygen atoms in total. The lowest BCUT2D eigenvalue weighted by Gasteiger charge is -2.37. The molecule has 1 saturated heterocycles. The smallest absolute Gasteiger partial charge is 0.320 e. The second kappa shape index (κ2) is 9.99. The molecule has 1 atom stereocenters. The first-order valence-corrected chi connectivity index (χ1v) is 11.9. The van der Waals surface area contributed by atoms with Crippen molar-refractivity contribution in [3.8, 4) is 0 Å². The number of amides is 2. The second-order valence-corrected chi connectivity index (χ2v) is 10.4. The van der Waals surface area contributed by atoms with Gasteiger partial charge in [0.2, 0.25) is 0 Å². The summed E-state index contributed by atoms with van der Waals surface area (Å²) in [7, 11) is 1.14. The first-order valence-electron chi connectivity index (χ1n) is 10.5. The maximum atomic E-state index is 14.4. The molecule has 1 aromatic carbocycles. The Morgan fingerprint density at radius 1 is 1.28 bits per heavy atom. The Kier molecular flexibility index (Phi) is 7.55. The van der Waals surface area contributed by atoms with E-state index in [2.05, 4.69) is 10.2 Å². The van der Waals surface area contributed by atoms with E-state index in [1.54, 1.807) is 25.3 Å². The van der Waals surface area contributed by atoms with E-state index in [9.17, 15) is 17.6 Å². The van der Waals surface area contributed by atoms with Gasteiger partial charge in [0.05, 0.1) is 0 Å². The van der Waals surface area contributed by atoms with Gasteiger partial charge in [-0.3, -0.25) is 9.80 Å². The molecule has 32 heavy (non-hydrogen) atoms. The molecule has 1 fully saturated rings. The van der Waals surface area contributed by atoms with Gasteiger partial charge in [-0.05, 0) is 49.2 Å². The minimum absolute atomic E-state index is 0.148. The van der Waals surface area contributed by atoms with Crippen LogP contribution in [0.1, 0.15) is 18.4 Å². The van der Waals surface area contributed by atoms with Gasteiger partial charge < -0.3 is 11.1 Å². The van der Waals surface area contributed by atoms with E-state index >= 15 is 0 Å². The molecular formula is C21H31FN6O3S. The van der Waals surface area contributed by atoms with Crippen LogP contribution < -0.4 is 11.1 Å². The second-order valence-electron chi connectivity index (χ2n) is 8.24. The quantitative estimate of drug-likeness (QED) is 0.637. The first kappa shape index (κ1) is 24.2. The third kappa shape index (κ3) is 5.66. The summed E-state index contributed by atoms with van der Waals surface area (Å²) in [6, 6.07) is 3.91. The molecule has 176 valence electrons. The molecule has 2 amide bonds. The largest absolute Gasteiger partial charge is 0.351 e. The molecule has 2 aliphatic heterocycles. The molecule has 3 N–H and O–H groups in total. The van der Waals surface area contributed by atoms with Gasteiger partial charge in [0.1, 0.15) is 11.6 Å². The van der Waals surface area contributed by atoms with Crippen molar-refractivity contribution in [1.29, 1.82) is 0 Å². The molecule has 0 bridgehead atoms. The van der Waals surface area contributed by atoms with Gasteiger partial charge in [-0.1, -0.05) is 12.2 Å². The molecule has 0 aromatic heterocycles. The lowest BCUT2D eigenvalue weighted by atomic mass is 10.0. The predicted octanol–water partition coefficient (Wildman–Crippen LogP) is 1.73. The molecule has 2 aliphatic rings. The summed E-state index contributed by atoms with van der Waals surface area (Å²) in [5, 5.41) is 3.07. The number of benzene rings is 1. The zero-order valence-corrected chi connectivity index (χ0v) is 19.5. The van der Waals surface area contributed by atoms with E-state index in [4.69, 9.17) is 5.73 Å². The molecule has 0 aliphatic carbocycles. The van der Waals surface area contributed by atoms with Crippen molar-refractivity contribution in [2.24, 2.45) is 5.73 Å². The number of hydrogen-bond donors (Lipinski definition) is 2.